The second-order valence-corrected chi connectivity index (χ2v) is 4.62. The van der Waals surface area contributed by atoms with E-state index in [0.29, 0.717) is 6.42 Å². The summed E-state index contributed by atoms with van der Waals surface area (Å²) in [7, 11) is 1.43. The Labute approximate surface area is 121 Å². The minimum atomic E-state index is -0.130. The Morgan fingerprint density at radius 2 is 2.15 bits per heavy atom. The summed E-state index contributed by atoms with van der Waals surface area (Å²) in [6.45, 7) is 5.02. The molecule has 0 bridgehead atoms. The third kappa shape index (κ3) is 5.19. The van der Waals surface area contributed by atoms with Gasteiger partial charge in [-0.3, -0.25) is 4.79 Å². The molecule has 1 aliphatic heterocycles. The quantitative estimate of drug-likeness (QED) is 0.663. The highest BCUT2D eigenvalue weighted by Crippen LogP contribution is 2.20. The van der Waals surface area contributed by atoms with Crippen LogP contribution in [0.4, 0.5) is 5.82 Å². The van der Waals surface area contributed by atoms with Crippen LogP contribution in [0, 0.1) is 0 Å². The van der Waals surface area contributed by atoms with E-state index >= 15 is 0 Å². The van der Waals surface area contributed by atoms with Gasteiger partial charge in [0.25, 0.3) is 0 Å². The number of ether oxygens (including phenoxy) is 1. The molecule has 112 valence electrons. The van der Waals surface area contributed by atoms with Gasteiger partial charge >= 0.3 is 5.97 Å². The molecule has 1 aromatic heterocycles. The van der Waals surface area contributed by atoms with E-state index in [1.54, 1.807) is 0 Å². The lowest BCUT2D eigenvalue weighted by Crippen LogP contribution is -2.14. The number of esters is 1. The number of unbranched alkanes of at least 4 members (excludes halogenated alkanes) is 1. The number of aryl methyl sites for hydroxylation is 2. The molecule has 1 N–H and O–H groups in total. The van der Waals surface area contributed by atoms with Gasteiger partial charge in [-0.05, 0) is 43.7 Å². The van der Waals surface area contributed by atoms with E-state index < -0.39 is 0 Å². The molecule has 0 saturated heterocycles. The van der Waals surface area contributed by atoms with Gasteiger partial charge < -0.3 is 10.1 Å². The van der Waals surface area contributed by atoms with E-state index in [2.05, 4.69) is 27.2 Å². The van der Waals surface area contributed by atoms with Crippen molar-refractivity contribution in [1.82, 2.24) is 4.98 Å². The molecular formula is C16H26N2O2. The van der Waals surface area contributed by atoms with Gasteiger partial charge in [-0.1, -0.05) is 19.9 Å². The number of fused-ring (bicyclic) bond motifs is 1. The number of hydrogen-bond donors (Lipinski definition) is 1. The molecule has 1 aliphatic rings. The molecule has 0 unspecified atom stereocenters. The molecule has 4 heteroatoms. The summed E-state index contributed by atoms with van der Waals surface area (Å²) in [5.74, 6) is 0.918. The molecule has 0 saturated carbocycles. The zero-order valence-electron chi connectivity index (χ0n) is 12.9. The summed E-state index contributed by atoms with van der Waals surface area (Å²) < 4.78 is 4.61. The predicted molar refractivity (Wildman–Crippen MR) is 82.0 cm³/mol. The number of nitrogens with one attached hydrogen (secondary N) is 1. The van der Waals surface area contributed by atoms with Gasteiger partial charge in [0, 0.05) is 18.7 Å². The fraction of sp³-hybridized carbons (Fsp3) is 0.625. The van der Waals surface area contributed by atoms with E-state index in [1.807, 2.05) is 13.8 Å². The van der Waals surface area contributed by atoms with Crippen LogP contribution in [-0.4, -0.2) is 24.6 Å². The summed E-state index contributed by atoms with van der Waals surface area (Å²) in [5, 5.41) is 3.34. The third-order valence-electron chi connectivity index (χ3n) is 3.24. The number of aromatic nitrogens is 1. The number of rotatable bonds is 5. The molecular weight excluding hydrogens is 252 g/mol. The zero-order chi connectivity index (χ0) is 14.8. The SMILES string of the molecule is CC.COC(=O)CCCCc1ccc2c(n1)NCCC2. The molecule has 0 aliphatic carbocycles. The minimum absolute atomic E-state index is 0.130. The maximum Gasteiger partial charge on any atom is 0.305 e. The van der Waals surface area contributed by atoms with E-state index in [9.17, 15) is 4.79 Å². The van der Waals surface area contributed by atoms with Crippen molar-refractivity contribution in [3.63, 3.8) is 0 Å². The van der Waals surface area contributed by atoms with Crippen molar-refractivity contribution in [2.45, 2.75) is 52.4 Å². The molecule has 2 rings (SSSR count). The van der Waals surface area contributed by atoms with Gasteiger partial charge in [-0.15, -0.1) is 0 Å². The van der Waals surface area contributed by atoms with Crippen LogP contribution < -0.4 is 5.32 Å². The Balaban J connectivity index is 0.000000956. The number of hydrogen-bond acceptors (Lipinski definition) is 4. The molecule has 0 radical (unpaired) electrons. The summed E-state index contributed by atoms with van der Waals surface area (Å²) in [4.78, 5) is 15.6. The van der Waals surface area contributed by atoms with E-state index in [4.69, 9.17) is 0 Å². The van der Waals surface area contributed by atoms with Gasteiger partial charge in [-0.2, -0.15) is 0 Å². The lowest BCUT2D eigenvalue weighted by Gasteiger charge is -2.17. The van der Waals surface area contributed by atoms with Crippen molar-refractivity contribution in [2.24, 2.45) is 0 Å². The molecule has 0 aromatic carbocycles. The molecule has 4 nitrogen and oxygen atoms in total. The van der Waals surface area contributed by atoms with Crippen LogP contribution in [0.5, 0.6) is 0 Å². The van der Waals surface area contributed by atoms with Crippen LogP contribution in [0.1, 0.15) is 50.8 Å². The van der Waals surface area contributed by atoms with Crippen LogP contribution in [0.3, 0.4) is 0 Å². The van der Waals surface area contributed by atoms with Crippen molar-refractivity contribution in [2.75, 3.05) is 19.0 Å². The molecule has 0 fully saturated rings. The molecule has 2 heterocycles. The number of carbonyl (C=O) groups excluding carboxylic acids is 1. The number of anilines is 1. The summed E-state index contributed by atoms with van der Waals surface area (Å²) >= 11 is 0. The molecule has 0 spiro atoms. The predicted octanol–water partition coefficient (Wildman–Crippen LogP) is 3.35. The van der Waals surface area contributed by atoms with Crippen molar-refractivity contribution < 1.29 is 9.53 Å². The van der Waals surface area contributed by atoms with Crippen LogP contribution in [0.15, 0.2) is 12.1 Å². The van der Waals surface area contributed by atoms with Crippen LogP contribution in [0.25, 0.3) is 0 Å². The Bertz CT molecular complexity index is 419. The van der Waals surface area contributed by atoms with Crippen LogP contribution in [-0.2, 0) is 22.4 Å². The monoisotopic (exact) mass is 278 g/mol. The molecule has 0 atom stereocenters. The second kappa shape index (κ2) is 9.34. The highest BCUT2D eigenvalue weighted by Gasteiger charge is 2.10. The first-order valence-electron chi connectivity index (χ1n) is 7.59. The van der Waals surface area contributed by atoms with Gasteiger partial charge in [0.2, 0.25) is 0 Å². The molecule has 20 heavy (non-hydrogen) atoms. The third-order valence-corrected chi connectivity index (χ3v) is 3.24. The summed E-state index contributed by atoms with van der Waals surface area (Å²) in [6, 6.07) is 4.27. The summed E-state index contributed by atoms with van der Waals surface area (Å²) in [5.41, 5.74) is 2.42. The number of methoxy groups -OCH3 is 1. The topological polar surface area (TPSA) is 51.2 Å². The summed E-state index contributed by atoms with van der Waals surface area (Å²) in [6.07, 6.45) is 5.57. The maximum atomic E-state index is 11.0. The largest absolute Gasteiger partial charge is 0.469 e. The van der Waals surface area contributed by atoms with Gasteiger partial charge in [0.05, 0.1) is 7.11 Å². The minimum Gasteiger partial charge on any atom is -0.469 e. The highest BCUT2D eigenvalue weighted by molar-refractivity contribution is 5.68. The van der Waals surface area contributed by atoms with Crippen molar-refractivity contribution in [3.8, 4) is 0 Å². The highest BCUT2D eigenvalue weighted by atomic mass is 16.5. The average Bonchev–Trinajstić information content (AvgIpc) is 2.53. The standard InChI is InChI=1S/C14H20N2O2.C2H6/c1-18-13(17)7-3-2-6-12-9-8-11-5-4-10-15-14(11)16-12;1-2/h8-9H,2-7,10H2,1H3,(H,15,16);1-2H3. The fourth-order valence-corrected chi connectivity index (χ4v) is 2.19. The van der Waals surface area contributed by atoms with Gasteiger partial charge in [0.1, 0.15) is 5.82 Å². The lowest BCUT2D eigenvalue weighted by atomic mass is 10.1. The van der Waals surface area contributed by atoms with Crippen LogP contribution >= 0.6 is 0 Å². The van der Waals surface area contributed by atoms with Crippen molar-refractivity contribution >= 4 is 11.8 Å². The van der Waals surface area contributed by atoms with Crippen molar-refractivity contribution in [1.29, 1.82) is 0 Å². The Morgan fingerprint density at radius 3 is 2.90 bits per heavy atom. The number of nitrogens with zero attached hydrogens (tertiary/aromatic N) is 1. The van der Waals surface area contributed by atoms with Crippen molar-refractivity contribution in [3.05, 3.63) is 23.4 Å². The van der Waals surface area contributed by atoms with Gasteiger partial charge in [-0.25, -0.2) is 4.98 Å². The van der Waals surface area contributed by atoms with E-state index in [-0.39, 0.29) is 5.97 Å². The first kappa shape index (κ1) is 16.5. The van der Waals surface area contributed by atoms with Crippen LogP contribution in [0.2, 0.25) is 0 Å². The second-order valence-electron chi connectivity index (χ2n) is 4.62. The number of carbonyl (C=O) groups is 1. The fourth-order valence-electron chi connectivity index (χ4n) is 2.19. The number of pyridine rings is 1. The maximum absolute atomic E-state index is 11.0. The van der Waals surface area contributed by atoms with Gasteiger partial charge in [0.15, 0.2) is 0 Å². The normalized spacial score (nSPS) is 12.6. The smallest absolute Gasteiger partial charge is 0.305 e. The Hall–Kier alpha value is -1.58. The van der Waals surface area contributed by atoms with E-state index in [0.717, 1.165) is 43.7 Å². The molecule has 1 aromatic rings. The Kier molecular flexibility index (Phi) is 7.70. The average molecular weight is 278 g/mol. The Morgan fingerprint density at radius 1 is 1.35 bits per heavy atom. The first-order valence-corrected chi connectivity index (χ1v) is 7.59. The van der Waals surface area contributed by atoms with E-state index in [1.165, 1.54) is 19.1 Å². The molecule has 0 amide bonds. The first-order chi connectivity index (χ1) is 9.79. The lowest BCUT2D eigenvalue weighted by molar-refractivity contribution is -0.140. The zero-order valence-corrected chi connectivity index (χ0v) is 12.9.